The highest BCUT2D eigenvalue weighted by Crippen LogP contribution is 2.10. The minimum Gasteiger partial charge on any atom is -0.446 e. The molecule has 0 aliphatic carbocycles. The summed E-state index contributed by atoms with van der Waals surface area (Å²) in [6, 6.07) is 6.52. The SMILES string of the molecule is CCCCCCCN(CC)COC(=O)c1ccc(C(=O)OCN(CC)CCCCCCC)cc1. The topological polar surface area (TPSA) is 59.1 Å². The Labute approximate surface area is 208 Å². The molecule has 0 unspecified atom stereocenters. The molecule has 0 saturated carbocycles. The molecule has 0 radical (unpaired) electrons. The van der Waals surface area contributed by atoms with Crippen molar-refractivity contribution in [2.24, 2.45) is 0 Å². The van der Waals surface area contributed by atoms with Gasteiger partial charge in [-0.3, -0.25) is 9.80 Å². The molecule has 1 rings (SSSR count). The largest absolute Gasteiger partial charge is 0.446 e. The predicted octanol–water partition coefficient (Wildman–Crippen LogP) is 6.50. The lowest BCUT2D eigenvalue weighted by Crippen LogP contribution is -2.29. The number of esters is 2. The fourth-order valence-electron chi connectivity index (χ4n) is 3.71. The van der Waals surface area contributed by atoms with Gasteiger partial charge in [-0.1, -0.05) is 79.1 Å². The molecule has 0 aliphatic heterocycles. The van der Waals surface area contributed by atoms with E-state index >= 15 is 0 Å². The molecule has 0 aromatic heterocycles. The highest BCUT2D eigenvalue weighted by atomic mass is 16.5. The van der Waals surface area contributed by atoms with Crippen LogP contribution in [0.5, 0.6) is 0 Å². The van der Waals surface area contributed by atoms with Crippen LogP contribution in [0.1, 0.15) is 113 Å². The van der Waals surface area contributed by atoms with Crippen molar-refractivity contribution in [3.63, 3.8) is 0 Å². The van der Waals surface area contributed by atoms with E-state index in [1.165, 1.54) is 51.4 Å². The molecule has 0 saturated heterocycles. The van der Waals surface area contributed by atoms with Crippen molar-refractivity contribution in [1.29, 1.82) is 0 Å². The number of ether oxygens (including phenoxy) is 2. The molecule has 0 atom stereocenters. The number of nitrogens with zero attached hydrogens (tertiary/aromatic N) is 2. The number of carbonyl (C=O) groups excluding carboxylic acids is 2. The van der Waals surface area contributed by atoms with Gasteiger partial charge in [-0.2, -0.15) is 0 Å². The molecule has 1 aromatic rings. The van der Waals surface area contributed by atoms with Crippen molar-refractivity contribution < 1.29 is 19.1 Å². The maximum absolute atomic E-state index is 12.4. The second-order valence-corrected chi connectivity index (χ2v) is 8.95. The lowest BCUT2D eigenvalue weighted by molar-refractivity contribution is 0.0211. The van der Waals surface area contributed by atoms with Gasteiger partial charge < -0.3 is 9.47 Å². The lowest BCUT2D eigenvalue weighted by Gasteiger charge is -2.20. The standard InChI is InChI=1S/C28H48N2O4/c1-5-9-11-13-15-21-29(7-3)23-33-27(31)25-17-19-26(20-18-25)28(32)34-24-30(8-4)22-16-14-12-10-6-2/h17-20H,5-16,21-24H2,1-4H3. The van der Waals surface area contributed by atoms with Gasteiger partial charge in [0.1, 0.15) is 13.5 Å². The van der Waals surface area contributed by atoms with E-state index < -0.39 is 0 Å². The smallest absolute Gasteiger partial charge is 0.339 e. The number of rotatable bonds is 20. The number of unbranched alkanes of at least 4 members (excludes halogenated alkanes) is 8. The van der Waals surface area contributed by atoms with E-state index in [9.17, 15) is 9.59 Å². The fraction of sp³-hybridized carbons (Fsp3) is 0.714. The Balaban J connectivity index is 2.39. The minimum absolute atomic E-state index is 0.290. The highest BCUT2D eigenvalue weighted by Gasteiger charge is 2.13. The first-order valence-electron chi connectivity index (χ1n) is 13.4. The van der Waals surface area contributed by atoms with Crippen LogP contribution in [0.15, 0.2) is 24.3 Å². The average Bonchev–Trinajstić information content (AvgIpc) is 2.87. The van der Waals surface area contributed by atoms with E-state index in [1.807, 2.05) is 0 Å². The molecular weight excluding hydrogens is 428 g/mol. The number of carbonyl (C=O) groups is 2. The summed E-state index contributed by atoms with van der Waals surface area (Å²) in [5, 5.41) is 0. The van der Waals surface area contributed by atoms with Crippen molar-refractivity contribution in [3.05, 3.63) is 35.4 Å². The number of hydrogen-bond donors (Lipinski definition) is 0. The van der Waals surface area contributed by atoms with Gasteiger partial charge in [-0.05, 0) is 50.2 Å². The summed E-state index contributed by atoms with van der Waals surface area (Å²) in [4.78, 5) is 29.1. The Kier molecular flexibility index (Phi) is 17.2. The van der Waals surface area contributed by atoms with E-state index in [1.54, 1.807) is 24.3 Å². The summed E-state index contributed by atoms with van der Waals surface area (Å²) in [5.74, 6) is -0.742. The van der Waals surface area contributed by atoms with E-state index in [0.29, 0.717) is 11.1 Å². The van der Waals surface area contributed by atoms with Gasteiger partial charge in [-0.25, -0.2) is 9.59 Å². The van der Waals surface area contributed by atoms with Crippen LogP contribution in [0.2, 0.25) is 0 Å². The summed E-state index contributed by atoms with van der Waals surface area (Å²) in [7, 11) is 0. The van der Waals surface area contributed by atoms with Crippen LogP contribution in [0.3, 0.4) is 0 Å². The van der Waals surface area contributed by atoms with E-state index in [4.69, 9.17) is 9.47 Å². The Morgan fingerprint density at radius 2 is 0.941 bits per heavy atom. The molecule has 0 fully saturated rings. The zero-order chi connectivity index (χ0) is 25.0. The Morgan fingerprint density at radius 1 is 0.588 bits per heavy atom. The molecule has 0 amide bonds. The van der Waals surface area contributed by atoms with Gasteiger partial charge in [-0.15, -0.1) is 0 Å². The van der Waals surface area contributed by atoms with Crippen LogP contribution in [-0.4, -0.2) is 61.4 Å². The second-order valence-electron chi connectivity index (χ2n) is 8.95. The maximum atomic E-state index is 12.4. The van der Waals surface area contributed by atoms with Crippen molar-refractivity contribution in [2.45, 2.75) is 91.9 Å². The molecular formula is C28H48N2O4. The summed E-state index contributed by atoms with van der Waals surface area (Å²) < 4.78 is 11.0. The molecule has 34 heavy (non-hydrogen) atoms. The maximum Gasteiger partial charge on any atom is 0.339 e. The Morgan fingerprint density at radius 3 is 1.26 bits per heavy atom. The molecule has 0 bridgehead atoms. The van der Waals surface area contributed by atoms with E-state index in [2.05, 4.69) is 37.5 Å². The first-order valence-corrected chi connectivity index (χ1v) is 13.4. The van der Waals surface area contributed by atoms with Crippen LogP contribution >= 0.6 is 0 Å². The molecule has 0 N–H and O–H groups in total. The third kappa shape index (κ3) is 13.1. The summed E-state index contributed by atoms with van der Waals surface area (Å²) in [5.41, 5.74) is 0.885. The van der Waals surface area contributed by atoms with Crippen molar-refractivity contribution >= 4 is 11.9 Å². The minimum atomic E-state index is -0.371. The zero-order valence-corrected chi connectivity index (χ0v) is 22.2. The van der Waals surface area contributed by atoms with Crippen LogP contribution < -0.4 is 0 Å². The van der Waals surface area contributed by atoms with E-state index in [0.717, 1.165) is 39.0 Å². The zero-order valence-electron chi connectivity index (χ0n) is 22.2. The molecule has 1 aromatic carbocycles. The number of hydrogen-bond acceptors (Lipinski definition) is 6. The lowest BCUT2D eigenvalue weighted by atomic mass is 10.1. The Bertz CT molecular complexity index is 606. The predicted molar refractivity (Wildman–Crippen MR) is 139 cm³/mol. The molecule has 6 nitrogen and oxygen atoms in total. The quantitative estimate of drug-likeness (QED) is 0.122. The van der Waals surface area contributed by atoms with Crippen molar-refractivity contribution in [3.8, 4) is 0 Å². The summed E-state index contributed by atoms with van der Waals surface area (Å²) in [6.45, 7) is 12.7. The molecule has 6 heteroatoms. The van der Waals surface area contributed by atoms with Crippen LogP contribution in [0, 0.1) is 0 Å². The molecule has 0 aliphatic rings. The second kappa shape index (κ2) is 19.4. The van der Waals surface area contributed by atoms with Crippen LogP contribution in [0.4, 0.5) is 0 Å². The van der Waals surface area contributed by atoms with Gasteiger partial charge >= 0.3 is 11.9 Å². The van der Waals surface area contributed by atoms with Crippen molar-refractivity contribution in [2.75, 3.05) is 39.6 Å². The van der Waals surface area contributed by atoms with E-state index in [-0.39, 0.29) is 25.4 Å². The van der Waals surface area contributed by atoms with Crippen LogP contribution in [0.25, 0.3) is 0 Å². The first kappa shape index (κ1) is 30.1. The summed E-state index contributed by atoms with van der Waals surface area (Å²) >= 11 is 0. The summed E-state index contributed by atoms with van der Waals surface area (Å²) in [6.07, 6.45) is 12.2. The molecule has 0 heterocycles. The third-order valence-corrected chi connectivity index (χ3v) is 6.16. The number of benzene rings is 1. The van der Waals surface area contributed by atoms with Gasteiger partial charge in [0.05, 0.1) is 11.1 Å². The normalized spacial score (nSPS) is 11.2. The van der Waals surface area contributed by atoms with Gasteiger partial charge in [0.25, 0.3) is 0 Å². The molecule has 194 valence electrons. The van der Waals surface area contributed by atoms with Gasteiger partial charge in [0.15, 0.2) is 0 Å². The first-order chi connectivity index (χ1) is 16.5. The van der Waals surface area contributed by atoms with Crippen LogP contribution in [-0.2, 0) is 9.47 Å². The fourth-order valence-corrected chi connectivity index (χ4v) is 3.71. The van der Waals surface area contributed by atoms with Gasteiger partial charge in [0.2, 0.25) is 0 Å². The average molecular weight is 477 g/mol. The van der Waals surface area contributed by atoms with Crippen molar-refractivity contribution in [1.82, 2.24) is 9.80 Å². The highest BCUT2D eigenvalue weighted by molar-refractivity contribution is 5.93. The van der Waals surface area contributed by atoms with Gasteiger partial charge in [0, 0.05) is 13.1 Å². The Hall–Kier alpha value is -1.92. The molecule has 0 spiro atoms. The third-order valence-electron chi connectivity index (χ3n) is 6.16. The monoisotopic (exact) mass is 476 g/mol.